The third-order valence-corrected chi connectivity index (χ3v) is 5.32. The summed E-state index contributed by atoms with van der Waals surface area (Å²) in [4.78, 5) is 16.6. The molecular weight excluding hydrogens is 308 g/mol. The van der Waals surface area contributed by atoms with Crippen LogP contribution in [0.4, 0.5) is 0 Å². The van der Waals surface area contributed by atoms with Crippen LogP contribution in [0.15, 0.2) is 35.4 Å². The summed E-state index contributed by atoms with van der Waals surface area (Å²) >= 11 is 1.56. The predicted octanol–water partition coefficient (Wildman–Crippen LogP) is 2.18. The number of rotatable bonds is 6. The molecule has 21 heavy (non-hydrogen) atoms. The largest absolute Gasteiger partial charge is 0.295 e. The number of thiazole rings is 1. The van der Waals surface area contributed by atoms with Crippen LogP contribution in [0.2, 0.25) is 0 Å². The molecule has 0 saturated carbocycles. The lowest BCUT2D eigenvalue weighted by molar-refractivity contribution is 0.101. The topological polar surface area (TPSA) is 76.1 Å². The SMILES string of the molecule is CC(=O)c1ccc(S(=O)(=O)NCCc2ncc(C)s2)cc1. The van der Waals surface area contributed by atoms with Crippen molar-refractivity contribution in [2.75, 3.05) is 6.54 Å². The van der Waals surface area contributed by atoms with Crippen molar-refractivity contribution in [3.8, 4) is 0 Å². The first-order chi connectivity index (χ1) is 9.88. The van der Waals surface area contributed by atoms with E-state index in [1.165, 1.54) is 31.2 Å². The molecule has 1 aromatic heterocycles. The number of benzene rings is 1. The van der Waals surface area contributed by atoms with Gasteiger partial charge in [0.2, 0.25) is 10.0 Å². The molecule has 0 aliphatic heterocycles. The van der Waals surface area contributed by atoms with Crippen molar-refractivity contribution >= 4 is 27.1 Å². The first kappa shape index (κ1) is 15.8. The zero-order valence-corrected chi connectivity index (χ0v) is 13.4. The first-order valence-electron chi connectivity index (χ1n) is 6.40. The Morgan fingerprint density at radius 3 is 2.48 bits per heavy atom. The average molecular weight is 324 g/mol. The van der Waals surface area contributed by atoms with Gasteiger partial charge in [-0.05, 0) is 26.0 Å². The molecule has 0 bridgehead atoms. The van der Waals surface area contributed by atoms with Crippen molar-refractivity contribution in [1.29, 1.82) is 0 Å². The number of nitrogens with one attached hydrogen (secondary N) is 1. The Labute approximate surface area is 128 Å². The molecule has 0 aliphatic carbocycles. The molecule has 7 heteroatoms. The molecule has 0 aliphatic rings. The summed E-state index contributed by atoms with van der Waals surface area (Å²) in [6, 6.07) is 5.90. The lowest BCUT2D eigenvalue weighted by Gasteiger charge is -2.06. The smallest absolute Gasteiger partial charge is 0.240 e. The zero-order chi connectivity index (χ0) is 15.5. The summed E-state index contributed by atoms with van der Waals surface area (Å²) in [6.45, 7) is 3.70. The van der Waals surface area contributed by atoms with E-state index in [0.717, 1.165) is 9.88 Å². The van der Waals surface area contributed by atoms with Gasteiger partial charge in [0.25, 0.3) is 0 Å². The fourth-order valence-corrected chi connectivity index (χ4v) is 3.58. The van der Waals surface area contributed by atoms with E-state index in [4.69, 9.17) is 0 Å². The number of sulfonamides is 1. The van der Waals surface area contributed by atoms with E-state index in [-0.39, 0.29) is 10.7 Å². The van der Waals surface area contributed by atoms with E-state index in [1.54, 1.807) is 17.5 Å². The number of hydrogen-bond donors (Lipinski definition) is 1. The van der Waals surface area contributed by atoms with E-state index >= 15 is 0 Å². The molecule has 112 valence electrons. The maximum Gasteiger partial charge on any atom is 0.240 e. The molecule has 0 atom stereocenters. The number of carbonyl (C=O) groups excluding carboxylic acids is 1. The van der Waals surface area contributed by atoms with Gasteiger partial charge in [-0.25, -0.2) is 18.1 Å². The molecule has 2 rings (SSSR count). The molecule has 0 saturated heterocycles. The maximum atomic E-state index is 12.1. The molecule has 1 heterocycles. The third kappa shape index (κ3) is 4.20. The molecule has 1 N–H and O–H groups in total. The highest BCUT2D eigenvalue weighted by atomic mass is 32.2. The fourth-order valence-electron chi connectivity index (χ4n) is 1.76. The second-order valence-corrected chi connectivity index (χ2v) is 7.68. The first-order valence-corrected chi connectivity index (χ1v) is 8.70. The van der Waals surface area contributed by atoms with Gasteiger partial charge >= 0.3 is 0 Å². The summed E-state index contributed by atoms with van der Waals surface area (Å²) < 4.78 is 26.7. The van der Waals surface area contributed by atoms with E-state index < -0.39 is 10.0 Å². The molecule has 2 aromatic rings. The van der Waals surface area contributed by atoms with Crippen molar-refractivity contribution in [3.63, 3.8) is 0 Å². The molecule has 0 spiro atoms. The van der Waals surface area contributed by atoms with Crippen molar-refractivity contribution in [2.45, 2.75) is 25.2 Å². The molecular formula is C14H16N2O3S2. The second kappa shape index (κ2) is 6.46. The summed E-state index contributed by atoms with van der Waals surface area (Å²) in [6.07, 6.45) is 2.33. The zero-order valence-electron chi connectivity index (χ0n) is 11.8. The summed E-state index contributed by atoms with van der Waals surface area (Å²) in [5, 5.41) is 0.905. The lowest BCUT2D eigenvalue weighted by atomic mass is 10.2. The van der Waals surface area contributed by atoms with Gasteiger partial charge in [0.15, 0.2) is 5.78 Å². The van der Waals surface area contributed by atoms with Crippen LogP contribution in [0.3, 0.4) is 0 Å². The van der Waals surface area contributed by atoms with Gasteiger partial charge in [0.05, 0.1) is 9.90 Å². The minimum atomic E-state index is -3.55. The number of Topliss-reactive ketones (excluding diaryl/α,β-unsaturated/α-hetero) is 1. The van der Waals surface area contributed by atoms with Crippen molar-refractivity contribution in [3.05, 3.63) is 45.9 Å². The van der Waals surface area contributed by atoms with Gasteiger partial charge in [-0.2, -0.15) is 0 Å². The van der Waals surface area contributed by atoms with Crippen LogP contribution in [-0.2, 0) is 16.4 Å². The minimum absolute atomic E-state index is 0.0916. The Morgan fingerprint density at radius 2 is 1.95 bits per heavy atom. The van der Waals surface area contributed by atoms with Crippen molar-refractivity contribution < 1.29 is 13.2 Å². The highest BCUT2D eigenvalue weighted by Crippen LogP contribution is 2.13. The van der Waals surface area contributed by atoms with Crippen LogP contribution in [-0.4, -0.2) is 25.7 Å². The van der Waals surface area contributed by atoms with Gasteiger partial charge in [-0.1, -0.05) is 12.1 Å². The minimum Gasteiger partial charge on any atom is -0.295 e. The van der Waals surface area contributed by atoms with Gasteiger partial charge < -0.3 is 0 Å². The van der Waals surface area contributed by atoms with Crippen molar-refractivity contribution in [2.24, 2.45) is 0 Å². The standard InChI is InChI=1S/C14H16N2O3S2/c1-10-9-15-14(20-10)7-8-16-21(18,19)13-5-3-12(4-6-13)11(2)17/h3-6,9,16H,7-8H2,1-2H3. The highest BCUT2D eigenvalue weighted by molar-refractivity contribution is 7.89. The normalized spacial score (nSPS) is 11.5. The van der Waals surface area contributed by atoms with E-state index in [2.05, 4.69) is 9.71 Å². The second-order valence-electron chi connectivity index (χ2n) is 4.59. The Hall–Kier alpha value is -1.57. The van der Waals surface area contributed by atoms with Crippen LogP contribution in [0, 0.1) is 6.92 Å². The fraction of sp³-hybridized carbons (Fsp3) is 0.286. The van der Waals surface area contributed by atoms with Crippen molar-refractivity contribution in [1.82, 2.24) is 9.71 Å². The molecule has 1 aromatic carbocycles. The molecule has 5 nitrogen and oxygen atoms in total. The van der Waals surface area contributed by atoms with E-state index in [1.807, 2.05) is 6.92 Å². The molecule has 0 fully saturated rings. The Bertz CT molecular complexity index is 734. The Kier molecular flexibility index (Phi) is 4.87. The number of hydrogen-bond acceptors (Lipinski definition) is 5. The quantitative estimate of drug-likeness (QED) is 0.826. The van der Waals surface area contributed by atoms with Crippen LogP contribution < -0.4 is 4.72 Å². The van der Waals surface area contributed by atoms with Crippen LogP contribution >= 0.6 is 11.3 Å². The summed E-state index contributed by atoms with van der Waals surface area (Å²) in [5.74, 6) is -0.0916. The molecule has 0 unspecified atom stereocenters. The number of aryl methyl sites for hydroxylation is 1. The van der Waals surface area contributed by atoms with Gasteiger partial charge in [0.1, 0.15) is 0 Å². The molecule has 0 amide bonds. The summed E-state index contributed by atoms with van der Waals surface area (Å²) in [5.41, 5.74) is 0.493. The van der Waals surface area contributed by atoms with E-state index in [0.29, 0.717) is 18.5 Å². The number of carbonyl (C=O) groups is 1. The van der Waals surface area contributed by atoms with E-state index in [9.17, 15) is 13.2 Å². The molecule has 0 radical (unpaired) electrons. The Balaban J connectivity index is 1.99. The van der Waals surface area contributed by atoms with Crippen LogP contribution in [0.1, 0.15) is 27.2 Å². The predicted molar refractivity (Wildman–Crippen MR) is 82.2 cm³/mol. The number of aromatic nitrogens is 1. The third-order valence-electron chi connectivity index (χ3n) is 2.87. The van der Waals surface area contributed by atoms with Gasteiger partial charge in [-0.15, -0.1) is 11.3 Å². The maximum absolute atomic E-state index is 12.1. The number of nitrogens with zero attached hydrogens (tertiary/aromatic N) is 1. The lowest BCUT2D eigenvalue weighted by Crippen LogP contribution is -2.26. The summed E-state index contributed by atoms with van der Waals surface area (Å²) in [7, 11) is -3.55. The highest BCUT2D eigenvalue weighted by Gasteiger charge is 2.14. The van der Waals surface area contributed by atoms with Crippen LogP contribution in [0.5, 0.6) is 0 Å². The Morgan fingerprint density at radius 1 is 1.29 bits per heavy atom. The van der Waals surface area contributed by atoms with Gasteiger partial charge in [-0.3, -0.25) is 4.79 Å². The van der Waals surface area contributed by atoms with Crippen LogP contribution in [0.25, 0.3) is 0 Å². The monoisotopic (exact) mass is 324 g/mol. The number of ketones is 1. The van der Waals surface area contributed by atoms with Gasteiger partial charge in [0, 0.05) is 29.6 Å². The average Bonchev–Trinajstić information content (AvgIpc) is 2.84.